The predicted octanol–water partition coefficient (Wildman–Crippen LogP) is 1.22. The van der Waals surface area contributed by atoms with Gasteiger partial charge < -0.3 is 10.4 Å². The Labute approximate surface area is 99.2 Å². The smallest absolute Gasteiger partial charge is 0.0664 e. The molecule has 16 heavy (non-hydrogen) atoms. The Bertz CT molecular complexity index is 200. The number of hydrogen-bond donors (Lipinski definition) is 2. The Hall–Kier alpha value is -0.120. The van der Waals surface area contributed by atoms with Gasteiger partial charge in [-0.25, -0.2) is 0 Å². The second-order valence-electron chi connectivity index (χ2n) is 5.46. The number of rotatable bonds is 6. The molecular formula is C13H26N2O. The summed E-state index contributed by atoms with van der Waals surface area (Å²) in [5, 5.41) is 13.3. The van der Waals surface area contributed by atoms with E-state index in [1.165, 1.54) is 45.3 Å². The standard InChI is InChI=1S/C13H26N2O/c1-2-13(16)10-15(12-5-6-12)9-11-4-3-7-14-8-11/h11-14,16H,2-10H2,1H3. The number of aliphatic hydroxyl groups excluding tert-OH is 1. The van der Waals surface area contributed by atoms with Crippen molar-refractivity contribution in [1.29, 1.82) is 0 Å². The summed E-state index contributed by atoms with van der Waals surface area (Å²) in [4.78, 5) is 2.53. The highest BCUT2D eigenvalue weighted by molar-refractivity contribution is 4.87. The van der Waals surface area contributed by atoms with Crippen LogP contribution in [-0.4, -0.2) is 48.3 Å². The first kappa shape index (κ1) is 12.3. The van der Waals surface area contributed by atoms with Crippen LogP contribution in [0.2, 0.25) is 0 Å². The van der Waals surface area contributed by atoms with E-state index in [2.05, 4.69) is 17.1 Å². The van der Waals surface area contributed by atoms with Crippen molar-refractivity contribution in [3.63, 3.8) is 0 Å². The molecule has 2 N–H and O–H groups in total. The Kier molecular flexibility index (Phi) is 4.62. The highest BCUT2D eigenvalue weighted by Crippen LogP contribution is 2.28. The molecule has 0 aromatic heterocycles. The van der Waals surface area contributed by atoms with Crippen molar-refractivity contribution in [2.24, 2.45) is 5.92 Å². The van der Waals surface area contributed by atoms with Gasteiger partial charge in [-0.2, -0.15) is 0 Å². The van der Waals surface area contributed by atoms with E-state index in [9.17, 15) is 5.11 Å². The van der Waals surface area contributed by atoms with Crippen LogP contribution in [0.5, 0.6) is 0 Å². The lowest BCUT2D eigenvalue weighted by Crippen LogP contribution is -2.42. The first-order valence-electron chi connectivity index (χ1n) is 6.92. The van der Waals surface area contributed by atoms with Crippen molar-refractivity contribution in [2.75, 3.05) is 26.2 Å². The van der Waals surface area contributed by atoms with Crippen LogP contribution in [0.25, 0.3) is 0 Å². The second kappa shape index (κ2) is 5.99. The number of piperidine rings is 1. The monoisotopic (exact) mass is 226 g/mol. The van der Waals surface area contributed by atoms with Crippen molar-refractivity contribution in [1.82, 2.24) is 10.2 Å². The van der Waals surface area contributed by atoms with Crippen LogP contribution in [0.3, 0.4) is 0 Å². The maximum absolute atomic E-state index is 9.78. The molecule has 1 aliphatic heterocycles. The van der Waals surface area contributed by atoms with Crippen molar-refractivity contribution >= 4 is 0 Å². The lowest BCUT2D eigenvalue weighted by atomic mass is 9.99. The third-order valence-electron chi connectivity index (χ3n) is 3.87. The quantitative estimate of drug-likeness (QED) is 0.715. The fourth-order valence-electron chi connectivity index (χ4n) is 2.62. The van der Waals surface area contributed by atoms with Gasteiger partial charge in [-0.3, -0.25) is 4.90 Å². The molecule has 3 nitrogen and oxygen atoms in total. The van der Waals surface area contributed by atoms with Gasteiger partial charge in [0.15, 0.2) is 0 Å². The maximum Gasteiger partial charge on any atom is 0.0664 e. The van der Waals surface area contributed by atoms with Crippen molar-refractivity contribution in [3.05, 3.63) is 0 Å². The van der Waals surface area contributed by atoms with E-state index in [0.717, 1.165) is 24.9 Å². The van der Waals surface area contributed by atoms with E-state index < -0.39 is 0 Å². The second-order valence-corrected chi connectivity index (χ2v) is 5.46. The minimum Gasteiger partial charge on any atom is -0.392 e. The molecule has 2 unspecified atom stereocenters. The first-order valence-corrected chi connectivity index (χ1v) is 6.92. The van der Waals surface area contributed by atoms with Crippen LogP contribution in [0, 0.1) is 5.92 Å². The van der Waals surface area contributed by atoms with Crippen LogP contribution in [0.15, 0.2) is 0 Å². The Morgan fingerprint density at radius 3 is 2.75 bits per heavy atom. The van der Waals surface area contributed by atoms with E-state index in [4.69, 9.17) is 0 Å². The molecule has 2 fully saturated rings. The van der Waals surface area contributed by atoms with Gasteiger partial charge in [-0.1, -0.05) is 6.92 Å². The van der Waals surface area contributed by atoms with E-state index in [1.807, 2.05) is 0 Å². The van der Waals surface area contributed by atoms with Crippen LogP contribution < -0.4 is 5.32 Å². The lowest BCUT2D eigenvalue weighted by Gasteiger charge is -2.31. The molecule has 1 saturated carbocycles. The summed E-state index contributed by atoms with van der Waals surface area (Å²) >= 11 is 0. The van der Waals surface area contributed by atoms with Gasteiger partial charge >= 0.3 is 0 Å². The molecule has 2 atom stereocenters. The molecule has 0 radical (unpaired) electrons. The molecule has 3 heteroatoms. The fourth-order valence-corrected chi connectivity index (χ4v) is 2.62. The summed E-state index contributed by atoms with van der Waals surface area (Å²) in [5.41, 5.74) is 0. The summed E-state index contributed by atoms with van der Waals surface area (Å²) in [6.07, 6.45) is 6.12. The van der Waals surface area contributed by atoms with Gasteiger partial charge in [0, 0.05) is 19.1 Å². The third kappa shape index (κ3) is 3.72. The summed E-state index contributed by atoms with van der Waals surface area (Å²) in [6, 6.07) is 0.781. The molecule has 0 bridgehead atoms. The van der Waals surface area contributed by atoms with E-state index in [1.54, 1.807) is 0 Å². The van der Waals surface area contributed by atoms with Crippen molar-refractivity contribution < 1.29 is 5.11 Å². The van der Waals surface area contributed by atoms with Crippen LogP contribution >= 0.6 is 0 Å². The molecule has 0 aromatic carbocycles. The molecule has 0 spiro atoms. The zero-order valence-electron chi connectivity index (χ0n) is 10.5. The topological polar surface area (TPSA) is 35.5 Å². The lowest BCUT2D eigenvalue weighted by molar-refractivity contribution is 0.0916. The molecule has 1 aliphatic carbocycles. The minimum absolute atomic E-state index is 0.128. The zero-order valence-corrected chi connectivity index (χ0v) is 10.5. The Morgan fingerprint density at radius 2 is 2.19 bits per heavy atom. The summed E-state index contributed by atoms with van der Waals surface area (Å²) in [5.74, 6) is 0.804. The third-order valence-corrected chi connectivity index (χ3v) is 3.87. The largest absolute Gasteiger partial charge is 0.392 e. The molecule has 0 aromatic rings. The molecule has 2 rings (SSSR count). The summed E-state index contributed by atoms with van der Waals surface area (Å²) < 4.78 is 0. The SMILES string of the molecule is CCC(O)CN(CC1CCCNC1)C1CC1. The highest BCUT2D eigenvalue weighted by atomic mass is 16.3. The van der Waals surface area contributed by atoms with Crippen LogP contribution in [-0.2, 0) is 0 Å². The molecule has 94 valence electrons. The van der Waals surface area contributed by atoms with Gasteiger partial charge in [0.05, 0.1) is 6.10 Å². The number of aliphatic hydroxyl groups is 1. The average Bonchev–Trinajstić information content (AvgIpc) is 3.13. The number of hydrogen-bond acceptors (Lipinski definition) is 3. The van der Waals surface area contributed by atoms with Gasteiger partial charge in [0.2, 0.25) is 0 Å². The molecular weight excluding hydrogens is 200 g/mol. The van der Waals surface area contributed by atoms with Gasteiger partial charge in [0.1, 0.15) is 0 Å². The van der Waals surface area contributed by atoms with E-state index in [0.29, 0.717) is 0 Å². The predicted molar refractivity (Wildman–Crippen MR) is 66.5 cm³/mol. The summed E-state index contributed by atoms with van der Waals surface area (Å²) in [6.45, 7) is 6.51. The zero-order chi connectivity index (χ0) is 11.4. The highest BCUT2D eigenvalue weighted by Gasteiger charge is 2.31. The minimum atomic E-state index is -0.128. The fraction of sp³-hybridized carbons (Fsp3) is 1.00. The van der Waals surface area contributed by atoms with Gasteiger partial charge in [0.25, 0.3) is 0 Å². The van der Waals surface area contributed by atoms with Crippen LogP contribution in [0.1, 0.15) is 39.0 Å². The number of nitrogens with one attached hydrogen (secondary N) is 1. The maximum atomic E-state index is 9.78. The Balaban J connectivity index is 1.77. The first-order chi connectivity index (χ1) is 7.79. The van der Waals surface area contributed by atoms with Crippen LogP contribution in [0.4, 0.5) is 0 Å². The van der Waals surface area contributed by atoms with E-state index >= 15 is 0 Å². The Morgan fingerprint density at radius 1 is 1.38 bits per heavy atom. The molecule has 1 saturated heterocycles. The van der Waals surface area contributed by atoms with E-state index in [-0.39, 0.29) is 6.10 Å². The molecule has 2 aliphatic rings. The van der Waals surface area contributed by atoms with Crippen molar-refractivity contribution in [2.45, 2.75) is 51.2 Å². The van der Waals surface area contributed by atoms with Gasteiger partial charge in [-0.05, 0) is 51.1 Å². The average molecular weight is 226 g/mol. The normalized spacial score (nSPS) is 28.3. The molecule has 0 amide bonds. The van der Waals surface area contributed by atoms with Crippen molar-refractivity contribution in [3.8, 4) is 0 Å². The number of nitrogens with zero attached hydrogens (tertiary/aromatic N) is 1. The summed E-state index contributed by atoms with van der Waals surface area (Å²) in [7, 11) is 0. The molecule has 1 heterocycles. The van der Waals surface area contributed by atoms with Gasteiger partial charge in [-0.15, -0.1) is 0 Å².